The lowest BCUT2D eigenvalue weighted by Gasteiger charge is -2.24. The number of hydrogen-bond acceptors (Lipinski definition) is 3. The van der Waals surface area contributed by atoms with Crippen molar-refractivity contribution in [3.05, 3.63) is 83.7 Å². The van der Waals surface area contributed by atoms with E-state index in [9.17, 15) is 0 Å². The number of nitrogens with one attached hydrogen (secondary N) is 1. The van der Waals surface area contributed by atoms with Gasteiger partial charge in [0.25, 0.3) is 0 Å². The first-order valence-corrected chi connectivity index (χ1v) is 11.9. The molecule has 0 radical (unpaired) electrons. The third-order valence-electron chi connectivity index (χ3n) is 6.49. The van der Waals surface area contributed by atoms with Crippen LogP contribution in [-0.2, 0) is 0 Å². The first-order valence-electron chi connectivity index (χ1n) is 11.1. The summed E-state index contributed by atoms with van der Waals surface area (Å²) < 4.78 is 3.35. The van der Waals surface area contributed by atoms with Gasteiger partial charge in [-0.05, 0) is 66.0 Å². The molecule has 32 heavy (non-hydrogen) atoms. The Morgan fingerprint density at radius 3 is 2.41 bits per heavy atom. The van der Waals surface area contributed by atoms with Crippen LogP contribution in [0.15, 0.2) is 83.7 Å². The Morgan fingerprint density at radius 1 is 0.844 bits per heavy atom. The van der Waals surface area contributed by atoms with Gasteiger partial charge in [0, 0.05) is 27.8 Å². The molecule has 0 saturated carbocycles. The fourth-order valence-electron chi connectivity index (χ4n) is 4.81. The van der Waals surface area contributed by atoms with Crippen molar-refractivity contribution >= 4 is 37.9 Å². The van der Waals surface area contributed by atoms with E-state index in [1.807, 2.05) is 12.5 Å². The number of halogens is 1. The lowest BCUT2D eigenvalue weighted by molar-refractivity contribution is 0.373. The zero-order valence-corrected chi connectivity index (χ0v) is 19.2. The summed E-state index contributed by atoms with van der Waals surface area (Å²) in [4.78, 5) is 9.86. The Morgan fingerprint density at radius 2 is 1.59 bits per heavy atom. The van der Waals surface area contributed by atoms with E-state index in [2.05, 4.69) is 92.5 Å². The molecule has 1 fully saturated rings. The molecule has 1 aliphatic rings. The van der Waals surface area contributed by atoms with Crippen molar-refractivity contribution in [3.8, 4) is 22.3 Å². The molecule has 3 heterocycles. The molecule has 1 saturated heterocycles. The molecule has 0 aliphatic carbocycles. The average Bonchev–Trinajstić information content (AvgIpc) is 3.28. The first-order chi connectivity index (χ1) is 15.8. The quantitative estimate of drug-likeness (QED) is 0.314. The monoisotopic (exact) mass is 482 g/mol. The van der Waals surface area contributed by atoms with E-state index >= 15 is 0 Å². The number of rotatable bonds is 3. The van der Waals surface area contributed by atoms with Crippen LogP contribution in [0.5, 0.6) is 0 Å². The van der Waals surface area contributed by atoms with Crippen LogP contribution in [0.1, 0.15) is 18.9 Å². The summed E-state index contributed by atoms with van der Waals surface area (Å²) in [5, 5.41) is 5.93. The highest BCUT2D eigenvalue weighted by Gasteiger charge is 2.21. The number of piperidine rings is 1. The normalized spacial score (nSPS) is 14.9. The van der Waals surface area contributed by atoms with Crippen LogP contribution in [0.4, 0.5) is 0 Å². The lowest BCUT2D eigenvalue weighted by atomic mass is 9.94. The third kappa shape index (κ3) is 3.42. The minimum atomic E-state index is 0.441. The maximum Gasteiger partial charge on any atom is 0.160 e. The second-order valence-corrected chi connectivity index (χ2v) is 9.34. The van der Waals surface area contributed by atoms with Gasteiger partial charge in [-0.1, -0.05) is 64.5 Å². The van der Waals surface area contributed by atoms with Crippen molar-refractivity contribution in [1.29, 1.82) is 0 Å². The molecule has 6 rings (SSSR count). The van der Waals surface area contributed by atoms with E-state index in [-0.39, 0.29) is 0 Å². The van der Waals surface area contributed by atoms with Crippen LogP contribution < -0.4 is 5.32 Å². The zero-order valence-electron chi connectivity index (χ0n) is 17.6. The second kappa shape index (κ2) is 8.15. The van der Waals surface area contributed by atoms with Gasteiger partial charge in [0.1, 0.15) is 5.52 Å². The van der Waals surface area contributed by atoms with Crippen LogP contribution in [0.2, 0.25) is 0 Å². The third-order valence-corrected chi connectivity index (χ3v) is 7.01. The number of fused-ring (bicyclic) bond motifs is 2. The second-order valence-electron chi connectivity index (χ2n) is 8.42. The Bertz CT molecular complexity index is 1420. The summed E-state index contributed by atoms with van der Waals surface area (Å²) in [6.45, 7) is 2.08. The van der Waals surface area contributed by atoms with Gasteiger partial charge in [0.05, 0.1) is 6.33 Å². The highest BCUT2D eigenvalue weighted by atomic mass is 79.9. The van der Waals surface area contributed by atoms with Crippen LogP contribution in [0, 0.1) is 0 Å². The summed E-state index contributed by atoms with van der Waals surface area (Å²) in [7, 11) is 0. The molecule has 2 aromatic heterocycles. The molecule has 0 unspecified atom stereocenters. The zero-order chi connectivity index (χ0) is 21.5. The van der Waals surface area contributed by atoms with Gasteiger partial charge in [-0.15, -0.1) is 0 Å². The molecule has 1 N–H and O–H groups in total. The van der Waals surface area contributed by atoms with Gasteiger partial charge in [-0.3, -0.25) is 0 Å². The molecule has 0 spiro atoms. The summed E-state index contributed by atoms with van der Waals surface area (Å²) in [5.41, 5.74) is 6.51. The molecule has 1 aliphatic heterocycles. The lowest BCUT2D eigenvalue weighted by Crippen LogP contribution is -2.29. The van der Waals surface area contributed by atoms with Gasteiger partial charge in [-0.25, -0.2) is 9.97 Å². The summed E-state index contributed by atoms with van der Waals surface area (Å²) in [6.07, 6.45) is 6.22. The molecule has 4 nitrogen and oxygen atoms in total. The van der Waals surface area contributed by atoms with Crippen LogP contribution in [0.3, 0.4) is 0 Å². The van der Waals surface area contributed by atoms with E-state index < -0.39 is 0 Å². The molecular formula is C27H23BrN4. The van der Waals surface area contributed by atoms with E-state index in [0.717, 1.165) is 58.3 Å². The summed E-state index contributed by atoms with van der Waals surface area (Å²) in [5.74, 6) is 0. The van der Waals surface area contributed by atoms with Crippen molar-refractivity contribution in [2.24, 2.45) is 0 Å². The smallest absolute Gasteiger partial charge is 0.160 e. The fraction of sp³-hybridized carbons (Fsp3) is 0.185. The number of aromatic nitrogens is 3. The van der Waals surface area contributed by atoms with Crippen molar-refractivity contribution < 1.29 is 0 Å². The molecule has 0 atom stereocenters. The standard InChI is InChI=1S/C27H23BrN4/c28-22-9-7-19(8-10-22)24-16-30-27-26(31-17-32(27)23-11-13-29-14-12-23)25(24)21-6-5-18-3-1-2-4-20(18)15-21/h1-10,15-17,23,29H,11-14H2. The fourth-order valence-corrected chi connectivity index (χ4v) is 5.08. The number of benzene rings is 3. The molecule has 158 valence electrons. The number of nitrogens with zero attached hydrogens (tertiary/aromatic N) is 3. The first kappa shape index (κ1) is 19.6. The topological polar surface area (TPSA) is 42.7 Å². The highest BCUT2D eigenvalue weighted by molar-refractivity contribution is 9.10. The van der Waals surface area contributed by atoms with Gasteiger partial charge in [0.15, 0.2) is 5.65 Å². The van der Waals surface area contributed by atoms with Crippen molar-refractivity contribution in [2.45, 2.75) is 18.9 Å². The van der Waals surface area contributed by atoms with Crippen LogP contribution >= 0.6 is 15.9 Å². The SMILES string of the molecule is Brc1ccc(-c2cnc3c(ncn3C3CCNCC3)c2-c2ccc3ccccc3c2)cc1. The van der Waals surface area contributed by atoms with E-state index in [1.54, 1.807) is 0 Å². The van der Waals surface area contributed by atoms with Gasteiger partial charge < -0.3 is 9.88 Å². The number of pyridine rings is 1. The summed E-state index contributed by atoms with van der Waals surface area (Å²) >= 11 is 3.56. The van der Waals surface area contributed by atoms with E-state index in [4.69, 9.17) is 9.97 Å². The molecule has 5 aromatic rings. The predicted octanol–water partition coefficient (Wildman–Crippen LogP) is 6.61. The van der Waals surface area contributed by atoms with Gasteiger partial charge >= 0.3 is 0 Å². The highest BCUT2D eigenvalue weighted by Crippen LogP contribution is 2.39. The Balaban J connectivity index is 1.60. The maximum absolute atomic E-state index is 4.93. The van der Waals surface area contributed by atoms with Crippen LogP contribution in [0.25, 0.3) is 44.2 Å². The average molecular weight is 483 g/mol. The Labute approximate surface area is 195 Å². The van der Waals surface area contributed by atoms with Gasteiger partial charge in [-0.2, -0.15) is 0 Å². The Hall–Kier alpha value is -3.02. The predicted molar refractivity (Wildman–Crippen MR) is 135 cm³/mol. The maximum atomic E-state index is 4.93. The van der Waals surface area contributed by atoms with Crippen molar-refractivity contribution in [1.82, 2.24) is 19.9 Å². The minimum absolute atomic E-state index is 0.441. The summed E-state index contributed by atoms with van der Waals surface area (Å²) in [6, 6.07) is 24.1. The molecular weight excluding hydrogens is 460 g/mol. The van der Waals surface area contributed by atoms with E-state index in [0.29, 0.717) is 6.04 Å². The number of imidazole rings is 1. The minimum Gasteiger partial charge on any atom is -0.317 e. The van der Waals surface area contributed by atoms with Crippen LogP contribution in [-0.4, -0.2) is 27.6 Å². The van der Waals surface area contributed by atoms with Crippen molar-refractivity contribution in [2.75, 3.05) is 13.1 Å². The van der Waals surface area contributed by atoms with Crippen molar-refractivity contribution in [3.63, 3.8) is 0 Å². The molecule has 5 heteroatoms. The number of hydrogen-bond donors (Lipinski definition) is 1. The largest absolute Gasteiger partial charge is 0.317 e. The Kier molecular flexibility index (Phi) is 5.01. The molecule has 0 bridgehead atoms. The molecule has 0 amide bonds. The van der Waals surface area contributed by atoms with E-state index in [1.165, 1.54) is 16.3 Å². The van der Waals surface area contributed by atoms with Gasteiger partial charge in [0.2, 0.25) is 0 Å². The molecule has 3 aromatic carbocycles.